The van der Waals surface area contributed by atoms with Gasteiger partial charge in [-0.3, -0.25) is 19.7 Å². The second-order valence-corrected chi connectivity index (χ2v) is 4.92. The third-order valence-electron chi connectivity index (χ3n) is 2.24. The maximum atomic E-state index is 11.5. The van der Waals surface area contributed by atoms with Crippen molar-refractivity contribution in [3.63, 3.8) is 0 Å². The fourth-order valence-electron chi connectivity index (χ4n) is 1.30. The van der Waals surface area contributed by atoms with Gasteiger partial charge >= 0.3 is 0 Å². The molecule has 20 heavy (non-hydrogen) atoms. The van der Waals surface area contributed by atoms with Crippen LogP contribution >= 0.6 is 11.8 Å². The Labute approximate surface area is 120 Å². The van der Waals surface area contributed by atoms with E-state index < -0.39 is 4.92 Å². The molecule has 0 heterocycles. The van der Waals surface area contributed by atoms with E-state index in [1.807, 2.05) is 0 Å². The quantitative estimate of drug-likeness (QED) is 0.337. The molecule has 0 fully saturated rings. The highest BCUT2D eigenvalue weighted by molar-refractivity contribution is 8.00. The van der Waals surface area contributed by atoms with Crippen LogP contribution in [0.25, 0.3) is 0 Å². The fraction of sp³-hybridized carbons (Fsp3) is 0.333. The minimum Gasteiger partial charge on any atom is -0.355 e. The summed E-state index contributed by atoms with van der Waals surface area (Å²) < 4.78 is 0. The Morgan fingerprint density at radius 3 is 2.35 bits per heavy atom. The first kappa shape index (κ1) is 16.0. The van der Waals surface area contributed by atoms with Gasteiger partial charge in [-0.25, -0.2) is 0 Å². The summed E-state index contributed by atoms with van der Waals surface area (Å²) in [6, 6.07) is 6.01. The van der Waals surface area contributed by atoms with E-state index in [1.54, 1.807) is 12.1 Å². The summed E-state index contributed by atoms with van der Waals surface area (Å²) in [6.07, 6.45) is 0. The van der Waals surface area contributed by atoms with Crippen molar-refractivity contribution < 1.29 is 14.5 Å². The second-order valence-electron chi connectivity index (χ2n) is 3.87. The number of nitro groups is 1. The summed E-state index contributed by atoms with van der Waals surface area (Å²) in [5.74, 6) is -0.0732. The van der Waals surface area contributed by atoms with Gasteiger partial charge in [-0.1, -0.05) is 0 Å². The lowest BCUT2D eigenvalue weighted by Gasteiger charge is -2.05. The molecule has 7 nitrogen and oxygen atoms in total. The van der Waals surface area contributed by atoms with Crippen LogP contribution in [0.3, 0.4) is 0 Å². The number of carbonyl (C=O) groups is 2. The highest BCUT2D eigenvalue weighted by atomic mass is 32.2. The van der Waals surface area contributed by atoms with E-state index in [-0.39, 0.29) is 23.3 Å². The predicted molar refractivity (Wildman–Crippen MR) is 75.5 cm³/mol. The number of amides is 2. The molecule has 0 bridgehead atoms. The van der Waals surface area contributed by atoms with E-state index in [9.17, 15) is 19.7 Å². The Bertz CT molecular complexity index is 490. The van der Waals surface area contributed by atoms with Crippen molar-refractivity contribution >= 4 is 29.3 Å². The van der Waals surface area contributed by atoms with Gasteiger partial charge in [-0.2, -0.15) is 0 Å². The van der Waals surface area contributed by atoms with Crippen molar-refractivity contribution in [2.45, 2.75) is 11.8 Å². The highest BCUT2D eigenvalue weighted by Crippen LogP contribution is 2.20. The van der Waals surface area contributed by atoms with Crippen LogP contribution in [0.5, 0.6) is 0 Å². The minimum absolute atomic E-state index is 0.0223. The van der Waals surface area contributed by atoms with Gasteiger partial charge in [0.2, 0.25) is 11.8 Å². The first-order valence-electron chi connectivity index (χ1n) is 5.87. The van der Waals surface area contributed by atoms with E-state index in [0.29, 0.717) is 13.1 Å². The van der Waals surface area contributed by atoms with Gasteiger partial charge in [-0.15, -0.1) is 11.8 Å². The van der Waals surface area contributed by atoms with Crippen LogP contribution in [0.2, 0.25) is 0 Å². The zero-order valence-electron chi connectivity index (χ0n) is 10.9. The minimum atomic E-state index is -0.469. The Morgan fingerprint density at radius 2 is 1.80 bits per heavy atom. The standard InChI is InChI=1S/C12H15N3O4S/c1-9(16)13-6-7-14-12(17)8-20-11-4-2-10(3-5-11)15(18)19/h2-5H,6-8H2,1H3,(H,13,16)(H,14,17). The summed E-state index contributed by atoms with van der Waals surface area (Å²) in [5.41, 5.74) is 0.0223. The Balaban J connectivity index is 2.26. The summed E-state index contributed by atoms with van der Waals surface area (Å²) in [5, 5.41) is 15.7. The first-order valence-corrected chi connectivity index (χ1v) is 6.86. The van der Waals surface area contributed by atoms with E-state index >= 15 is 0 Å². The lowest BCUT2D eigenvalue weighted by atomic mass is 10.3. The lowest BCUT2D eigenvalue weighted by molar-refractivity contribution is -0.384. The van der Waals surface area contributed by atoms with Crippen LogP contribution in [-0.4, -0.2) is 35.6 Å². The molecule has 0 aliphatic carbocycles. The molecule has 0 aliphatic rings. The molecular weight excluding hydrogens is 282 g/mol. The number of thioether (sulfide) groups is 1. The average Bonchev–Trinajstić information content (AvgIpc) is 2.41. The number of hydrogen-bond donors (Lipinski definition) is 2. The van der Waals surface area contributed by atoms with Crippen molar-refractivity contribution in [2.24, 2.45) is 0 Å². The van der Waals surface area contributed by atoms with Crippen molar-refractivity contribution in [1.29, 1.82) is 0 Å². The van der Waals surface area contributed by atoms with E-state index in [4.69, 9.17) is 0 Å². The number of hydrogen-bond acceptors (Lipinski definition) is 5. The third kappa shape index (κ3) is 6.19. The zero-order valence-corrected chi connectivity index (χ0v) is 11.7. The molecule has 0 unspecified atom stereocenters. The number of rotatable bonds is 7. The van der Waals surface area contributed by atoms with Crippen LogP contribution in [-0.2, 0) is 9.59 Å². The summed E-state index contributed by atoms with van der Waals surface area (Å²) >= 11 is 1.29. The highest BCUT2D eigenvalue weighted by Gasteiger charge is 2.06. The molecule has 8 heteroatoms. The van der Waals surface area contributed by atoms with Crippen molar-refractivity contribution in [3.8, 4) is 0 Å². The average molecular weight is 297 g/mol. The van der Waals surface area contributed by atoms with E-state index in [2.05, 4.69) is 10.6 Å². The molecule has 0 radical (unpaired) electrons. The fourth-order valence-corrected chi connectivity index (χ4v) is 2.03. The molecule has 2 N–H and O–H groups in total. The van der Waals surface area contributed by atoms with Gasteiger partial charge in [0.1, 0.15) is 0 Å². The monoisotopic (exact) mass is 297 g/mol. The van der Waals surface area contributed by atoms with Crippen LogP contribution < -0.4 is 10.6 Å². The van der Waals surface area contributed by atoms with Crippen LogP contribution in [0, 0.1) is 10.1 Å². The van der Waals surface area contributed by atoms with Gasteiger partial charge in [-0.05, 0) is 12.1 Å². The van der Waals surface area contributed by atoms with Gasteiger partial charge < -0.3 is 10.6 Å². The van der Waals surface area contributed by atoms with Crippen LogP contribution in [0.15, 0.2) is 29.2 Å². The predicted octanol–water partition coefficient (Wildman–Crippen LogP) is 0.939. The number of carbonyl (C=O) groups excluding carboxylic acids is 2. The van der Waals surface area contributed by atoms with Crippen molar-refractivity contribution in [2.75, 3.05) is 18.8 Å². The zero-order chi connectivity index (χ0) is 15.0. The molecule has 0 atom stereocenters. The number of benzene rings is 1. The smallest absolute Gasteiger partial charge is 0.269 e. The Morgan fingerprint density at radius 1 is 1.20 bits per heavy atom. The second kappa shape index (κ2) is 8.16. The molecule has 2 amide bonds. The van der Waals surface area contributed by atoms with Gasteiger partial charge in [0.15, 0.2) is 0 Å². The van der Waals surface area contributed by atoms with Gasteiger partial charge in [0.05, 0.1) is 10.7 Å². The normalized spacial score (nSPS) is 9.85. The number of nitro benzene ring substituents is 1. The Hall–Kier alpha value is -2.09. The summed E-state index contributed by atoms with van der Waals surface area (Å²) in [4.78, 5) is 32.9. The van der Waals surface area contributed by atoms with Crippen LogP contribution in [0.4, 0.5) is 5.69 Å². The molecule has 0 saturated carbocycles. The Kier molecular flexibility index (Phi) is 6.51. The summed E-state index contributed by atoms with van der Waals surface area (Å²) in [7, 11) is 0. The maximum Gasteiger partial charge on any atom is 0.269 e. The largest absolute Gasteiger partial charge is 0.355 e. The molecule has 0 aliphatic heterocycles. The molecule has 1 rings (SSSR count). The topological polar surface area (TPSA) is 101 Å². The van der Waals surface area contributed by atoms with Gasteiger partial charge in [0, 0.05) is 37.0 Å². The van der Waals surface area contributed by atoms with Crippen LogP contribution in [0.1, 0.15) is 6.92 Å². The van der Waals surface area contributed by atoms with Crippen molar-refractivity contribution in [1.82, 2.24) is 10.6 Å². The summed E-state index contributed by atoms with van der Waals surface area (Å²) in [6.45, 7) is 2.18. The molecule has 1 aromatic carbocycles. The molecular formula is C12H15N3O4S. The molecule has 108 valence electrons. The third-order valence-corrected chi connectivity index (χ3v) is 3.25. The number of nitrogens with zero attached hydrogens (tertiary/aromatic N) is 1. The molecule has 0 spiro atoms. The first-order chi connectivity index (χ1) is 9.49. The lowest BCUT2D eigenvalue weighted by Crippen LogP contribution is -2.34. The van der Waals surface area contributed by atoms with Gasteiger partial charge in [0.25, 0.3) is 5.69 Å². The molecule has 0 saturated heterocycles. The molecule has 0 aromatic heterocycles. The van der Waals surface area contributed by atoms with E-state index in [0.717, 1.165) is 4.90 Å². The van der Waals surface area contributed by atoms with E-state index in [1.165, 1.54) is 30.8 Å². The molecule has 1 aromatic rings. The number of nitrogens with one attached hydrogen (secondary N) is 2. The van der Waals surface area contributed by atoms with Crippen molar-refractivity contribution in [3.05, 3.63) is 34.4 Å². The SMILES string of the molecule is CC(=O)NCCNC(=O)CSc1ccc([N+](=O)[O-])cc1. The maximum absolute atomic E-state index is 11.5. The number of non-ortho nitro benzene ring substituents is 1.